The SMILES string of the molecule is CCC(C)C(NC(=O)COC(=O)c1cc(C)nc2onc(C)c12)C(=O)OC. The zero-order valence-electron chi connectivity index (χ0n) is 16.0. The Morgan fingerprint density at radius 1 is 1.30 bits per heavy atom. The number of aryl methyl sites for hydroxylation is 2. The van der Waals surface area contributed by atoms with Crippen molar-refractivity contribution in [2.75, 3.05) is 13.7 Å². The van der Waals surface area contributed by atoms with Gasteiger partial charge in [0.1, 0.15) is 6.04 Å². The molecule has 0 spiro atoms. The van der Waals surface area contributed by atoms with E-state index in [1.807, 2.05) is 13.8 Å². The highest BCUT2D eigenvalue weighted by Crippen LogP contribution is 2.22. The molecule has 9 nitrogen and oxygen atoms in total. The lowest BCUT2D eigenvalue weighted by Gasteiger charge is -2.21. The summed E-state index contributed by atoms with van der Waals surface area (Å²) in [6.07, 6.45) is 0.668. The number of aromatic nitrogens is 2. The van der Waals surface area contributed by atoms with Gasteiger partial charge in [0.05, 0.1) is 23.8 Å². The number of carbonyl (C=O) groups excluding carboxylic acids is 3. The number of fused-ring (bicyclic) bond motifs is 1. The van der Waals surface area contributed by atoms with E-state index in [2.05, 4.69) is 15.5 Å². The number of ether oxygens (including phenoxy) is 2. The van der Waals surface area contributed by atoms with E-state index in [1.165, 1.54) is 7.11 Å². The second-order valence-electron chi connectivity index (χ2n) is 6.29. The van der Waals surface area contributed by atoms with Gasteiger partial charge in [0, 0.05) is 5.69 Å². The predicted molar refractivity (Wildman–Crippen MR) is 95.0 cm³/mol. The van der Waals surface area contributed by atoms with Crippen molar-refractivity contribution in [3.63, 3.8) is 0 Å². The van der Waals surface area contributed by atoms with Crippen LogP contribution in [0.3, 0.4) is 0 Å². The number of nitrogens with zero attached hydrogens (tertiary/aromatic N) is 2. The largest absolute Gasteiger partial charge is 0.467 e. The first-order valence-electron chi connectivity index (χ1n) is 8.56. The number of hydrogen-bond acceptors (Lipinski definition) is 8. The van der Waals surface area contributed by atoms with Crippen LogP contribution in [0.2, 0.25) is 0 Å². The Hall–Kier alpha value is -2.97. The van der Waals surface area contributed by atoms with E-state index in [1.54, 1.807) is 19.9 Å². The molecule has 0 saturated heterocycles. The lowest BCUT2D eigenvalue weighted by Crippen LogP contribution is -2.47. The van der Waals surface area contributed by atoms with Crippen LogP contribution in [0.1, 0.15) is 42.0 Å². The Bertz CT molecular complexity index is 860. The number of pyridine rings is 1. The summed E-state index contributed by atoms with van der Waals surface area (Å²) in [7, 11) is 1.25. The fourth-order valence-corrected chi connectivity index (χ4v) is 2.60. The van der Waals surface area contributed by atoms with Crippen LogP contribution < -0.4 is 5.32 Å². The van der Waals surface area contributed by atoms with Gasteiger partial charge in [-0.2, -0.15) is 0 Å². The molecule has 1 amide bonds. The molecule has 2 aromatic heterocycles. The van der Waals surface area contributed by atoms with Gasteiger partial charge in [0.25, 0.3) is 11.6 Å². The molecule has 146 valence electrons. The smallest absolute Gasteiger partial charge is 0.339 e. The molecule has 0 saturated carbocycles. The zero-order chi connectivity index (χ0) is 20.1. The molecule has 2 atom stereocenters. The highest BCUT2D eigenvalue weighted by Gasteiger charge is 2.27. The summed E-state index contributed by atoms with van der Waals surface area (Å²) in [6.45, 7) is 6.56. The first-order chi connectivity index (χ1) is 12.8. The van der Waals surface area contributed by atoms with E-state index in [0.717, 1.165) is 0 Å². The van der Waals surface area contributed by atoms with Crippen LogP contribution in [0.15, 0.2) is 10.6 Å². The van der Waals surface area contributed by atoms with E-state index >= 15 is 0 Å². The third-order valence-electron chi connectivity index (χ3n) is 4.28. The van der Waals surface area contributed by atoms with E-state index in [9.17, 15) is 14.4 Å². The van der Waals surface area contributed by atoms with Crippen molar-refractivity contribution in [3.8, 4) is 0 Å². The normalized spacial score (nSPS) is 13.1. The number of esters is 2. The van der Waals surface area contributed by atoms with Crippen molar-refractivity contribution in [2.45, 2.75) is 40.2 Å². The third-order valence-corrected chi connectivity index (χ3v) is 4.28. The lowest BCUT2D eigenvalue weighted by molar-refractivity contribution is -0.147. The second-order valence-corrected chi connectivity index (χ2v) is 6.29. The molecule has 2 rings (SSSR count). The first kappa shape index (κ1) is 20.3. The topological polar surface area (TPSA) is 121 Å². The molecule has 0 bridgehead atoms. The van der Waals surface area contributed by atoms with Gasteiger partial charge in [-0.1, -0.05) is 25.4 Å². The van der Waals surface area contributed by atoms with Gasteiger partial charge in [-0.3, -0.25) is 4.79 Å². The highest BCUT2D eigenvalue weighted by atomic mass is 16.5. The molecule has 0 aromatic carbocycles. The van der Waals surface area contributed by atoms with Crippen LogP contribution in [-0.4, -0.2) is 47.7 Å². The standard InChI is InChI=1S/C18H23N3O6/c1-6-9(2)15(18(24)25-5)20-13(22)8-26-17(23)12-7-10(3)19-16-14(12)11(4)21-27-16/h7,9,15H,6,8H2,1-5H3,(H,20,22). The van der Waals surface area contributed by atoms with Crippen molar-refractivity contribution < 1.29 is 28.4 Å². The minimum Gasteiger partial charge on any atom is -0.467 e. The van der Waals surface area contributed by atoms with Gasteiger partial charge < -0.3 is 19.3 Å². The van der Waals surface area contributed by atoms with Gasteiger partial charge in [0.2, 0.25) is 0 Å². The van der Waals surface area contributed by atoms with Gasteiger partial charge in [-0.05, 0) is 25.8 Å². The molecule has 2 aromatic rings. The maximum absolute atomic E-state index is 12.4. The minimum atomic E-state index is -0.804. The quantitative estimate of drug-likeness (QED) is 0.724. The van der Waals surface area contributed by atoms with Crippen LogP contribution in [0, 0.1) is 19.8 Å². The summed E-state index contributed by atoms with van der Waals surface area (Å²) >= 11 is 0. The van der Waals surface area contributed by atoms with Gasteiger partial charge in [0.15, 0.2) is 6.61 Å². The fraction of sp³-hybridized carbons (Fsp3) is 0.500. The predicted octanol–water partition coefficient (Wildman–Crippen LogP) is 1.70. The summed E-state index contributed by atoms with van der Waals surface area (Å²) in [5.74, 6) is -1.97. The third kappa shape index (κ3) is 4.60. The number of nitrogens with one attached hydrogen (secondary N) is 1. The molecule has 1 N–H and O–H groups in total. The number of methoxy groups -OCH3 is 1. The molecule has 0 aliphatic carbocycles. The Kier molecular flexibility index (Phi) is 6.49. The maximum Gasteiger partial charge on any atom is 0.339 e. The number of carbonyl (C=O) groups is 3. The molecular weight excluding hydrogens is 354 g/mol. The second kappa shape index (κ2) is 8.61. The van der Waals surface area contributed by atoms with E-state index in [-0.39, 0.29) is 17.2 Å². The van der Waals surface area contributed by atoms with Gasteiger partial charge >= 0.3 is 11.9 Å². The van der Waals surface area contributed by atoms with Crippen molar-refractivity contribution in [1.29, 1.82) is 0 Å². The Labute approximate surface area is 156 Å². The van der Waals surface area contributed by atoms with Crippen LogP contribution in [0.5, 0.6) is 0 Å². The van der Waals surface area contributed by atoms with Crippen molar-refractivity contribution in [3.05, 3.63) is 23.0 Å². The summed E-state index contributed by atoms with van der Waals surface area (Å²) in [5, 5.41) is 6.79. The van der Waals surface area contributed by atoms with E-state index in [0.29, 0.717) is 23.2 Å². The Morgan fingerprint density at radius 2 is 2.00 bits per heavy atom. The van der Waals surface area contributed by atoms with Crippen molar-refractivity contribution in [2.24, 2.45) is 5.92 Å². The molecule has 27 heavy (non-hydrogen) atoms. The van der Waals surface area contributed by atoms with Crippen LogP contribution >= 0.6 is 0 Å². The zero-order valence-corrected chi connectivity index (χ0v) is 16.0. The van der Waals surface area contributed by atoms with E-state index in [4.69, 9.17) is 14.0 Å². The first-order valence-corrected chi connectivity index (χ1v) is 8.56. The van der Waals surface area contributed by atoms with E-state index < -0.39 is 30.5 Å². The molecule has 2 unspecified atom stereocenters. The lowest BCUT2D eigenvalue weighted by atomic mass is 9.99. The molecule has 9 heteroatoms. The summed E-state index contributed by atoms with van der Waals surface area (Å²) in [4.78, 5) is 40.6. The van der Waals surface area contributed by atoms with Crippen LogP contribution in [0.25, 0.3) is 11.1 Å². The number of amides is 1. The maximum atomic E-state index is 12.4. The molecule has 0 aliphatic heterocycles. The average Bonchev–Trinajstić information content (AvgIpc) is 3.02. The molecule has 0 aliphatic rings. The van der Waals surface area contributed by atoms with Crippen LogP contribution in [0.4, 0.5) is 0 Å². The van der Waals surface area contributed by atoms with Gasteiger partial charge in [-0.15, -0.1) is 0 Å². The summed E-state index contributed by atoms with van der Waals surface area (Å²) in [6, 6.07) is 0.741. The Morgan fingerprint density at radius 3 is 2.63 bits per heavy atom. The number of hydrogen-bond donors (Lipinski definition) is 1. The number of rotatable bonds is 7. The van der Waals surface area contributed by atoms with Crippen molar-refractivity contribution >= 4 is 28.9 Å². The highest BCUT2D eigenvalue weighted by molar-refractivity contribution is 6.03. The van der Waals surface area contributed by atoms with Gasteiger partial charge in [-0.25, -0.2) is 14.6 Å². The van der Waals surface area contributed by atoms with Crippen molar-refractivity contribution in [1.82, 2.24) is 15.5 Å². The minimum absolute atomic E-state index is 0.126. The molecule has 2 heterocycles. The molecular formula is C18H23N3O6. The Balaban J connectivity index is 2.08. The van der Waals surface area contributed by atoms with Crippen LogP contribution in [-0.2, 0) is 19.1 Å². The monoisotopic (exact) mass is 377 g/mol. The fourth-order valence-electron chi connectivity index (χ4n) is 2.60. The summed E-state index contributed by atoms with van der Waals surface area (Å²) < 4.78 is 14.9. The molecule has 0 fully saturated rings. The molecule has 0 radical (unpaired) electrons. The summed E-state index contributed by atoms with van der Waals surface area (Å²) in [5.41, 5.74) is 1.50. The average molecular weight is 377 g/mol.